The van der Waals surface area contributed by atoms with E-state index in [1.54, 1.807) is 0 Å². The van der Waals surface area contributed by atoms with Gasteiger partial charge in [0.25, 0.3) is 0 Å². The van der Waals surface area contributed by atoms with Crippen molar-refractivity contribution in [3.63, 3.8) is 0 Å². The van der Waals surface area contributed by atoms with Crippen LogP contribution in [0.1, 0.15) is 58.3 Å². The minimum atomic E-state index is -0.576. The highest BCUT2D eigenvalue weighted by Crippen LogP contribution is 2.67. The second-order valence-electron chi connectivity index (χ2n) is 6.89. The fraction of sp³-hybridized carbons (Fsp3) is 0.929. The van der Waals surface area contributed by atoms with Crippen molar-refractivity contribution in [2.24, 2.45) is 22.7 Å². The molecule has 0 aromatic rings. The predicted molar refractivity (Wildman–Crippen MR) is 62.1 cm³/mol. The molecule has 90 valence electrons. The van der Waals surface area contributed by atoms with E-state index < -0.39 is 5.97 Å². The van der Waals surface area contributed by atoms with Gasteiger partial charge in [0.05, 0.1) is 6.42 Å². The van der Waals surface area contributed by atoms with Crippen molar-refractivity contribution in [3.05, 3.63) is 0 Å². The lowest BCUT2D eigenvalue weighted by Crippen LogP contribution is -2.52. The van der Waals surface area contributed by atoms with Crippen molar-refractivity contribution in [1.82, 2.24) is 0 Å². The van der Waals surface area contributed by atoms with E-state index in [4.69, 9.17) is 5.11 Å². The van der Waals surface area contributed by atoms with Crippen molar-refractivity contribution in [1.29, 1.82) is 0 Å². The third-order valence-electron chi connectivity index (χ3n) is 5.58. The fourth-order valence-electron chi connectivity index (χ4n) is 5.59. The number of hydrogen-bond acceptors (Lipinski definition) is 1. The molecule has 0 aliphatic heterocycles. The van der Waals surface area contributed by atoms with Crippen LogP contribution >= 0.6 is 0 Å². The van der Waals surface area contributed by atoms with Crippen molar-refractivity contribution < 1.29 is 9.90 Å². The Hall–Kier alpha value is -0.530. The summed E-state index contributed by atoms with van der Waals surface area (Å²) in [6.07, 6.45) is 9.49. The number of hydrogen-bond donors (Lipinski definition) is 1. The summed E-state index contributed by atoms with van der Waals surface area (Å²) in [6.45, 7) is 2.31. The van der Waals surface area contributed by atoms with Gasteiger partial charge in [0, 0.05) is 0 Å². The third kappa shape index (κ3) is 1.49. The number of rotatable bonds is 3. The second-order valence-corrected chi connectivity index (χ2v) is 6.89. The minimum absolute atomic E-state index is 0.186. The van der Waals surface area contributed by atoms with E-state index in [0.29, 0.717) is 11.8 Å². The molecule has 1 N–H and O–H groups in total. The van der Waals surface area contributed by atoms with E-state index in [0.717, 1.165) is 11.8 Å². The summed E-state index contributed by atoms with van der Waals surface area (Å²) in [5, 5.41) is 9.13. The lowest BCUT2D eigenvalue weighted by Gasteiger charge is -2.62. The van der Waals surface area contributed by atoms with E-state index in [9.17, 15) is 4.79 Å². The highest BCUT2D eigenvalue weighted by molar-refractivity contribution is 5.67. The van der Waals surface area contributed by atoms with Gasteiger partial charge < -0.3 is 5.11 Å². The molecule has 0 radical (unpaired) electrons. The molecule has 4 saturated carbocycles. The van der Waals surface area contributed by atoms with Crippen molar-refractivity contribution in [2.45, 2.75) is 58.3 Å². The number of carboxylic acids is 1. The molecular weight excluding hydrogens is 200 g/mol. The van der Waals surface area contributed by atoms with Crippen LogP contribution in [0, 0.1) is 22.7 Å². The molecule has 2 heteroatoms. The molecule has 4 rings (SSSR count). The first kappa shape index (κ1) is 10.6. The van der Waals surface area contributed by atoms with Crippen LogP contribution in [0.5, 0.6) is 0 Å². The maximum absolute atomic E-state index is 11.1. The second kappa shape index (κ2) is 3.24. The maximum atomic E-state index is 11.1. The molecule has 2 nitrogen and oxygen atoms in total. The molecule has 2 unspecified atom stereocenters. The molecule has 0 spiro atoms. The average Bonchev–Trinajstić information content (AvgIpc) is 2.13. The van der Waals surface area contributed by atoms with Crippen LogP contribution < -0.4 is 0 Å². The maximum Gasteiger partial charge on any atom is 0.303 e. The van der Waals surface area contributed by atoms with Crippen LogP contribution in [0.4, 0.5) is 0 Å². The molecule has 0 saturated heterocycles. The Morgan fingerprint density at radius 2 is 1.75 bits per heavy atom. The Balaban J connectivity index is 1.89. The van der Waals surface area contributed by atoms with Gasteiger partial charge in [-0.2, -0.15) is 0 Å². The van der Waals surface area contributed by atoms with E-state index in [1.165, 1.54) is 44.9 Å². The predicted octanol–water partition coefficient (Wildman–Crippen LogP) is 3.46. The van der Waals surface area contributed by atoms with E-state index in [2.05, 4.69) is 6.92 Å². The van der Waals surface area contributed by atoms with Crippen LogP contribution in [0.15, 0.2) is 0 Å². The van der Waals surface area contributed by atoms with Crippen LogP contribution in [0.3, 0.4) is 0 Å². The zero-order valence-electron chi connectivity index (χ0n) is 10.2. The van der Waals surface area contributed by atoms with Crippen LogP contribution in [-0.4, -0.2) is 11.1 Å². The first-order valence-corrected chi connectivity index (χ1v) is 6.77. The molecule has 0 heterocycles. The monoisotopic (exact) mass is 222 g/mol. The normalized spacial score (nSPS) is 49.6. The Labute approximate surface area is 97.4 Å². The summed E-state index contributed by atoms with van der Waals surface area (Å²) in [7, 11) is 0. The molecule has 0 aromatic carbocycles. The smallest absolute Gasteiger partial charge is 0.303 e. The number of carboxylic acid groups (broad SMARTS) is 1. The van der Waals surface area contributed by atoms with Crippen molar-refractivity contribution >= 4 is 5.97 Å². The SMILES string of the molecule is CCC12C[C@H]3C[C@@H](C1)CC(CC(=O)O)(C3)C2. The molecular formula is C14H22O2. The standard InChI is InChI=1S/C14H22O2/c1-2-13-4-10-3-11(5-13)7-14(6-10,9-13)8-12(15)16/h10-11H,2-9H2,1H3,(H,15,16)/t10-,11+,13?,14?. The van der Waals surface area contributed by atoms with Gasteiger partial charge in [0.2, 0.25) is 0 Å². The first-order valence-electron chi connectivity index (χ1n) is 6.77. The van der Waals surface area contributed by atoms with Gasteiger partial charge in [0.15, 0.2) is 0 Å². The summed E-state index contributed by atoms with van der Waals surface area (Å²) in [5.41, 5.74) is 0.714. The molecule has 0 amide bonds. The Morgan fingerprint density at radius 1 is 1.19 bits per heavy atom. The highest BCUT2D eigenvalue weighted by Gasteiger charge is 2.57. The largest absolute Gasteiger partial charge is 0.481 e. The van der Waals surface area contributed by atoms with Crippen molar-refractivity contribution in [2.75, 3.05) is 0 Å². The van der Waals surface area contributed by atoms with Crippen molar-refractivity contribution in [3.8, 4) is 0 Å². The van der Waals surface area contributed by atoms with Crippen LogP contribution in [-0.2, 0) is 4.79 Å². The summed E-state index contributed by atoms with van der Waals surface area (Å²) >= 11 is 0. The zero-order valence-corrected chi connectivity index (χ0v) is 10.2. The molecule has 4 fully saturated rings. The fourth-order valence-corrected chi connectivity index (χ4v) is 5.59. The topological polar surface area (TPSA) is 37.3 Å². The molecule has 4 aliphatic carbocycles. The number of carbonyl (C=O) groups is 1. The summed E-state index contributed by atoms with van der Waals surface area (Å²) < 4.78 is 0. The summed E-state index contributed by atoms with van der Waals surface area (Å²) in [5.74, 6) is 1.12. The quantitative estimate of drug-likeness (QED) is 0.794. The van der Waals surface area contributed by atoms with Gasteiger partial charge in [-0.25, -0.2) is 0 Å². The van der Waals surface area contributed by atoms with E-state index >= 15 is 0 Å². The van der Waals surface area contributed by atoms with Crippen LogP contribution in [0.2, 0.25) is 0 Å². The van der Waals surface area contributed by atoms with Gasteiger partial charge in [-0.3, -0.25) is 4.79 Å². The van der Waals surface area contributed by atoms with Gasteiger partial charge in [-0.05, 0) is 61.2 Å². The molecule has 4 bridgehead atoms. The Kier molecular flexibility index (Phi) is 2.15. The molecule has 4 atom stereocenters. The number of aliphatic carboxylic acids is 1. The molecule has 0 aromatic heterocycles. The Morgan fingerprint density at radius 3 is 2.25 bits per heavy atom. The third-order valence-corrected chi connectivity index (χ3v) is 5.58. The first-order chi connectivity index (χ1) is 7.55. The zero-order chi connectivity index (χ0) is 11.4. The van der Waals surface area contributed by atoms with E-state index in [1.807, 2.05) is 0 Å². The van der Waals surface area contributed by atoms with Gasteiger partial charge in [0.1, 0.15) is 0 Å². The minimum Gasteiger partial charge on any atom is -0.481 e. The molecule has 16 heavy (non-hydrogen) atoms. The average molecular weight is 222 g/mol. The lowest BCUT2D eigenvalue weighted by atomic mass is 9.43. The van der Waals surface area contributed by atoms with Crippen LogP contribution in [0.25, 0.3) is 0 Å². The lowest BCUT2D eigenvalue weighted by molar-refractivity contribution is -0.152. The Bertz CT molecular complexity index is 307. The molecule has 4 aliphatic rings. The summed E-state index contributed by atoms with van der Waals surface area (Å²) in [4.78, 5) is 11.1. The van der Waals surface area contributed by atoms with Gasteiger partial charge in [-0.1, -0.05) is 13.3 Å². The van der Waals surface area contributed by atoms with Gasteiger partial charge >= 0.3 is 5.97 Å². The van der Waals surface area contributed by atoms with Gasteiger partial charge in [-0.15, -0.1) is 0 Å². The van der Waals surface area contributed by atoms with E-state index in [-0.39, 0.29) is 5.41 Å². The summed E-state index contributed by atoms with van der Waals surface area (Å²) in [6, 6.07) is 0. The highest BCUT2D eigenvalue weighted by atomic mass is 16.4.